The lowest BCUT2D eigenvalue weighted by atomic mass is 10.1. The Morgan fingerprint density at radius 2 is 1.71 bits per heavy atom. The molecule has 2 atom stereocenters. The minimum atomic E-state index is -0.161. The number of hydrogen-bond donors (Lipinski definition) is 2. The standard InChI is InChI=1S/C20H22N2O2/c1-14-13-17(14)20(24)22-18-10-6-5-9-16(18)19(23)21-12-11-15-7-3-2-4-8-15/h2-10,14,17H,11-13H2,1H3,(H,21,23)(H,22,24)/t14-,17-/m1/s1. The number of anilines is 1. The second kappa shape index (κ2) is 7.30. The van der Waals surface area contributed by atoms with E-state index in [4.69, 9.17) is 0 Å². The first kappa shape index (κ1) is 16.2. The molecule has 0 bridgehead atoms. The first-order valence-corrected chi connectivity index (χ1v) is 8.37. The van der Waals surface area contributed by atoms with Gasteiger partial charge in [0, 0.05) is 12.5 Å². The molecule has 0 aliphatic heterocycles. The van der Waals surface area contributed by atoms with Crippen molar-refractivity contribution in [1.29, 1.82) is 0 Å². The van der Waals surface area contributed by atoms with Gasteiger partial charge in [-0.1, -0.05) is 49.4 Å². The first-order valence-electron chi connectivity index (χ1n) is 8.37. The quantitative estimate of drug-likeness (QED) is 0.857. The van der Waals surface area contributed by atoms with Crippen molar-refractivity contribution in [2.24, 2.45) is 11.8 Å². The van der Waals surface area contributed by atoms with Crippen LogP contribution >= 0.6 is 0 Å². The molecule has 4 heteroatoms. The molecular formula is C20H22N2O2. The summed E-state index contributed by atoms with van der Waals surface area (Å²) >= 11 is 0. The number of amides is 2. The topological polar surface area (TPSA) is 58.2 Å². The minimum absolute atomic E-state index is 0.00651. The predicted molar refractivity (Wildman–Crippen MR) is 94.8 cm³/mol. The molecule has 4 nitrogen and oxygen atoms in total. The molecule has 2 aromatic carbocycles. The molecule has 1 fully saturated rings. The van der Waals surface area contributed by atoms with Crippen LogP contribution in [0.2, 0.25) is 0 Å². The Balaban J connectivity index is 1.59. The van der Waals surface area contributed by atoms with Gasteiger partial charge >= 0.3 is 0 Å². The normalized spacial score (nSPS) is 18.7. The van der Waals surface area contributed by atoms with Gasteiger partial charge in [-0.2, -0.15) is 0 Å². The van der Waals surface area contributed by atoms with Crippen LogP contribution in [0.5, 0.6) is 0 Å². The van der Waals surface area contributed by atoms with E-state index in [1.54, 1.807) is 12.1 Å². The van der Waals surface area contributed by atoms with Crippen molar-refractivity contribution in [1.82, 2.24) is 5.32 Å². The van der Waals surface area contributed by atoms with Crippen molar-refractivity contribution in [3.05, 3.63) is 65.7 Å². The average Bonchev–Trinajstić information content (AvgIpc) is 3.33. The van der Waals surface area contributed by atoms with Crippen LogP contribution in [0.4, 0.5) is 5.69 Å². The average molecular weight is 322 g/mol. The van der Waals surface area contributed by atoms with Crippen molar-refractivity contribution < 1.29 is 9.59 Å². The molecule has 2 N–H and O–H groups in total. The highest BCUT2D eigenvalue weighted by Gasteiger charge is 2.39. The molecule has 0 saturated heterocycles. The summed E-state index contributed by atoms with van der Waals surface area (Å²) in [5.74, 6) is 0.369. The molecule has 0 heterocycles. The second-order valence-electron chi connectivity index (χ2n) is 6.35. The fourth-order valence-corrected chi connectivity index (χ4v) is 2.76. The summed E-state index contributed by atoms with van der Waals surface area (Å²) in [4.78, 5) is 24.5. The van der Waals surface area contributed by atoms with E-state index in [9.17, 15) is 9.59 Å². The van der Waals surface area contributed by atoms with E-state index in [1.807, 2.05) is 42.5 Å². The van der Waals surface area contributed by atoms with E-state index in [0.717, 1.165) is 12.8 Å². The Morgan fingerprint density at radius 3 is 2.42 bits per heavy atom. The van der Waals surface area contributed by atoms with Crippen LogP contribution in [0.3, 0.4) is 0 Å². The lowest BCUT2D eigenvalue weighted by Gasteiger charge is -2.11. The van der Waals surface area contributed by atoms with E-state index in [2.05, 4.69) is 17.6 Å². The molecule has 1 saturated carbocycles. The van der Waals surface area contributed by atoms with Gasteiger partial charge in [0.05, 0.1) is 11.3 Å². The highest BCUT2D eigenvalue weighted by molar-refractivity contribution is 6.04. The van der Waals surface area contributed by atoms with Gasteiger partial charge in [0.15, 0.2) is 0 Å². The summed E-state index contributed by atoms with van der Waals surface area (Å²) in [6.45, 7) is 2.62. The van der Waals surface area contributed by atoms with Crippen LogP contribution in [0.1, 0.15) is 29.3 Å². The summed E-state index contributed by atoms with van der Waals surface area (Å²) in [6, 6.07) is 17.2. The third-order valence-corrected chi connectivity index (χ3v) is 4.42. The van der Waals surface area contributed by atoms with Crippen LogP contribution < -0.4 is 10.6 Å². The number of carbonyl (C=O) groups excluding carboxylic acids is 2. The van der Waals surface area contributed by atoms with Gasteiger partial charge in [0.1, 0.15) is 0 Å². The van der Waals surface area contributed by atoms with Crippen molar-refractivity contribution in [3.63, 3.8) is 0 Å². The molecule has 2 amide bonds. The molecule has 24 heavy (non-hydrogen) atoms. The van der Waals surface area contributed by atoms with Crippen LogP contribution in [-0.2, 0) is 11.2 Å². The zero-order chi connectivity index (χ0) is 16.9. The maximum Gasteiger partial charge on any atom is 0.253 e. The SMILES string of the molecule is C[C@@H]1C[C@H]1C(=O)Nc1ccccc1C(=O)NCCc1ccccc1. The summed E-state index contributed by atoms with van der Waals surface area (Å²) in [7, 11) is 0. The second-order valence-corrected chi connectivity index (χ2v) is 6.35. The number of nitrogens with one attached hydrogen (secondary N) is 2. The van der Waals surface area contributed by atoms with Crippen LogP contribution in [0, 0.1) is 11.8 Å². The monoisotopic (exact) mass is 322 g/mol. The Labute approximate surface area is 142 Å². The van der Waals surface area contributed by atoms with Crippen LogP contribution in [-0.4, -0.2) is 18.4 Å². The van der Waals surface area contributed by atoms with Gasteiger partial charge in [0.25, 0.3) is 5.91 Å². The van der Waals surface area contributed by atoms with Crippen molar-refractivity contribution in [2.75, 3.05) is 11.9 Å². The van der Waals surface area contributed by atoms with Crippen molar-refractivity contribution >= 4 is 17.5 Å². The van der Waals surface area contributed by atoms with Gasteiger partial charge in [0.2, 0.25) is 5.91 Å². The zero-order valence-electron chi connectivity index (χ0n) is 13.8. The molecule has 3 rings (SSSR count). The van der Waals surface area contributed by atoms with E-state index >= 15 is 0 Å². The van der Waals surface area contributed by atoms with E-state index in [-0.39, 0.29) is 17.7 Å². The Kier molecular flexibility index (Phi) is 4.94. The van der Waals surface area contributed by atoms with E-state index in [0.29, 0.717) is 23.7 Å². The summed E-state index contributed by atoms with van der Waals surface area (Å²) in [5, 5.41) is 5.82. The fraction of sp³-hybridized carbons (Fsp3) is 0.300. The first-order chi connectivity index (χ1) is 11.6. The van der Waals surface area contributed by atoms with Gasteiger partial charge in [-0.15, -0.1) is 0 Å². The third kappa shape index (κ3) is 4.02. The summed E-state index contributed by atoms with van der Waals surface area (Å²) < 4.78 is 0. The number of para-hydroxylation sites is 1. The number of rotatable bonds is 6. The highest BCUT2D eigenvalue weighted by atomic mass is 16.2. The molecule has 0 unspecified atom stereocenters. The lowest BCUT2D eigenvalue weighted by Crippen LogP contribution is -2.27. The smallest absolute Gasteiger partial charge is 0.253 e. The molecule has 0 radical (unpaired) electrons. The van der Waals surface area contributed by atoms with E-state index in [1.165, 1.54) is 5.56 Å². The number of hydrogen-bond acceptors (Lipinski definition) is 2. The molecule has 1 aliphatic rings. The number of carbonyl (C=O) groups is 2. The maximum absolute atomic E-state index is 12.4. The Hall–Kier alpha value is -2.62. The number of benzene rings is 2. The molecule has 0 aromatic heterocycles. The van der Waals surface area contributed by atoms with Gasteiger partial charge in [-0.05, 0) is 36.5 Å². The maximum atomic E-state index is 12.4. The Bertz CT molecular complexity index is 727. The fourth-order valence-electron chi connectivity index (χ4n) is 2.76. The van der Waals surface area contributed by atoms with Crippen molar-refractivity contribution in [3.8, 4) is 0 Å². The van der Waals surface area contributed by atoms with Gasteiger partial charge in [-0.25, -0.2) is 0 Å². The van der Waals surface area contributed by atoms with Gasteiger partial charge in [-0.3, -0.25) is 9.59 Å². The molecule has 1 aliphatic carbocycles. The van der Waals surface area contributed by atoms with Crippen LogP contribution in [0.15, 0.2) is 54.6 Å². The predicted octanol–water partition coefficient (Wildman–Crippen LogP) is 3.25. The van der Waals surface area contributed by atoms with Crippen LogP contribution in [0.25, 0.3) is 0 Å². The van der Waals surface area contributed by atoms with E-state index < -0.39 is 0 Å². The third-order valence-electron chi connectivity index (χ3n) is 4.42. The summed E-state index contributed by atoms with van der Waals surface area (Å²) in [6.07, 6.45) is 1.71. The van der Waals surface area contributed by atoms with Crippen molar-refractivity contribution in [2.45, 2.75) is 19.8 Å². The molecule has 124 valence electrons. The molecule has 0 spiro atoms. The molecular weight excluding hydrogens is 300 g/mol. The zero-order valence-corrected chi connectivity index (χ0v) is 13.8. The Morgan fingerprint density at radius 1 is 1.04 bits per heavy atom. The molecule has 2 aromatic rings. The minimum Gasteiger partial charge on any atom is -0.352 e. The lowest BCUT2D eigenvalue weighted by molar-refractivity contribution is -0.117. The largest absolute Gasteiger partial charge is 0.352 e. The highest BCUT2D eigenvalue weighted by Crippen LogP contribution is 2.38. The van der Waals surface area contributed by atoms with Gasteiger partial charge < -0.3 is 10.6 Å². The summed E-state index contributed by atoms with van der Waals surface area (Å²) in [5.41, 5.74) is 2.27.